The van der Waals surface area contributed by atoms with Crippen molar-refractivity contribution in [3.63, 3.8) is 0 Å². The van der Waals surface area contributed by atoms with E-state index in [1.54, 1.807) is 6.20 Å². The Kier molecular flexibility index (Phi) is 9.64. The third-order valence-corrected chi connectivity index (χ3v) is 6.48. The zero-order valence-corrected chi connectivity index (χ0v) is 23.0. The number of aromatic nitrogens is 3. The van der Waals surface area contributed by atoms with Gasteiger partial charge in [-0.3, -0.25) is 4.98 Å². The smallest absolute Gasteiger partial charge is 0.0667 e. The van der Waals surface area contributed by atoms with E-state index in [4.69, 9.17) is 0 Å². The van der Waals surface area contributed by atoms with Crippen LogP contribution in [0.15, 0.2) is 92.2 Å². The normalized spacial score (nSPS) is 14.4. The lowest BCUT2D eigenvalue weighted by Crippen LogP contribution is -2.43. The second-order valence-electron chi connectivity index (χ2n) is 8.91. The van der Waals surface area contributed by atoms with Crippen LogP contribution >= 0.6 is 0 Å². The van der Waals surface area contributed by atoms with E-state index in [0.29, 0.717) is 0 Å². The number of rotatable bonds is 8. The molecule has 1 saturated heterocycles. The van der Waals surface area contributed by atoms with E-state index in [1.165, 1.54) is 0 Å². The number of pyridine rings is 2. The van der Waals surface area contributed by atoms with Crippen LogP contribution in [0.25, 0.3) is 16.8 Å². The maximum absolute atomic E-state index is 4.63. The third-order valence-electron chi connectivity index (χ3n) is 6.48. The maximum atomic E-state index is 4.63. The van der Waals surface area contributed by atoms with Crippen molar-refractivity contribution in [2.24, 2.45) is 0 Å². The first-order valence-corrected chi connectivity index (χ1v) is 12.9. The van der Waals surface area contributed by atoms with Gasteiger partial charge in [0.15, 0.2) is 0 Å². The van der Waals surface area contributed by atoms with E-state index in [1.807, 2.05) is 68.9 Å². The van der Waals surface area contributed by atoms with Gasteiger partial charge in [-0.25, -0.2) is 4.52 Å². The molecular formula is C31H40N6. The Morgan fingerprint density at radius 2 is 1.73 bits per heavy atom. The van der Waals surface area contributed by atoms with Gasteiger partial charge < -0.3 is 15.1 Å². The summed E-state index contributed by atoms with van der Waals surface area (Å²) in [7, 11) is 2.16. The molecule has 0 atom stereocenters. The first-order valence-electron chi connectivity index (χ1n) is 12.9. The van der Waals surface area contributed by atoms with Gasteiger partial charge in [0.25, 0.3) is 0 Å². The Labute approximate surface area is 222 Å². The van der Waals surface area contributed by atoms with Crippen LogP contribution in [-0.2, 0) is 0 Å². The van der Waals surface area contributed by atoms with Crippen molar-refractivity contribution in [1.29, 1.82) is 0 Å². The van der Waals surface area contributed by atoms with Gasteiger partial charge in [0, 0.05) is 78.7 Å². The van der Waals surface area contributed by atoms with E-state index in [9.17, 15) is 0 Å². The number of hydrogen-bond acceptors (Lipinski definition) is 5. The van der Waals surface area contributed by atoms with Crippen molar-refractivity contribution in [1.82, 2.24) is 29.7 Å². The van der Waals surface area contributed by atoms with Crippen molar-refractivity contribution in [2.45, 2.75) is 27.7 Å². The summed E-state index contributed by atoms with van der Waals surface area (Å²) < 4.78 is 1.84. The number of likely N-dealkylation sites (N-methyl/N-ethyl adjacent to an activating group) is 1. The van der Waals surface area contributed by atoms with E-state index < -0.39 is 0 Å². The molecular weight excluding hydrogens is 456 g/mol. The fourth-order valence-corrected chi connectivity index (χ4v) is 4.11. The third kappa shape index (κ3) is 6.86. The molecule has 0 aromatic carbocycles. The predicted molar refractivity (Wildman–Crippen MR) is 157 cm³/mol. The average Bonchev–Trinajstić information content (AvgIpc) is 3.40. The molecule has 4 heterocycles. The van der Waals surface area contributed by atoms with Gasteiger partial charge in [-0.1, -0.05) is 39.7 Å². The first kappa shape index (κ1) is 27.7. The standard InChI is InChI=1S/C29H34N6.C2H6/c1-7-27(9-8-21(2)34-16-14-33(6)15-17-34)32-23(4)26-19-29(24(5)30-20-26)22(3)25-11-13-35-28(18-25)10-12-31-35;1-2/h7-13,18-20,32H,2-4,14-17H2,1,5-6H3;1-2H3/b9-8-,27-7+;. The van der Waals surface area contributed by atoms with Crippen LogP contribution in [0.1, 0.15) is 43.2 Å². The van der Waals surface area contributed by atoms with E-state index in [-0.39, 0.29) is 0 Å². The minimum absolute atomic E-state index is 0.778. The topological polar surface area (TPSA) is 48.7 Å². The number of fused-ring (bicyclic) bond motifs is 1. The summed E-state index contributed by atoms with van der Waals surface area (Å²) in [5.74, 6) is 0. The van der Waals surface area contributed by atoms with Crippen LogP contribution in [0.3, 0.4) is 0 Å². The molecule has 0 bridgehead atoms. The molecule has 37 heavy (non-hydrogen) atoms. The number of hydrogen-bond donors (Lipinski definition) is 1. The van der Waals surface area contributed by atoms with Crippen molar-refractivity contribution in [3.05, 3.63) is 115 Å². The summed E-state index contributed by atoms with van der Waals surface area (Å²) in [4.78, 5) is 9.29. The molecule has 1 aliphatic heterocycles. The second-order valence-corrected chi connectivity index (χ2v) is 8.91. The predicted octanol–water partition coefficient (Wildman–Crippen LogP) is 5.91. The number of allylic oxidation sites excluding steroid dienone is 3. The number of aryl methyl sites for hydroxylation is 1. The molecule has 3 aromatic rings. The molecule has 0 saturated carbocycles. The number of nitrogens with one attached hydrogen (secondary N) is 1. The summed E-state index contributed by atoms with van der Waals surface area (Å²) in [6, 6.07) is 8.19. The van der Waals surface area contributed by atoms with Crippen molar-refractivity contribution < 1.29 is 0 Å². The molecule has 3 aromatic heterocycles. The molecule has 6 heteroatoms. The van der Waals surface area contributed by atoms with Crippen LogP contribution in [0.4, 0.5) is 0 Å². The van der Waals surface area contributed by atoms with Crippen LogP contribution in [0.5, 0.6) is 0 Å². The summed E-state index contributed by atoms with van der Waals surface area (Å²) in [5, 5.41) is 7.70. The van der Waals surface area contributed by atoms with Crippen LogP contribution < -0.4 is 5.32 Å². The highest BCUT2D eigenvalue weighted by Gasteiger charge is 2.14. The highest BCUT2D eigenvalue weighted by Crippen LogP contribution is 2.27. The summed E-state index contributed by atoms with van der Waals surface area (Å²) in [6.07, 6.45) is 11.7. The average molecular weight is 497 g/mol. The van der Waals surface area contributed by atoms with Gasteiger partial charge in [0.1, 0.15) is 0 Å². The minimum Gasteiger partial charge on any atom is -0.369 e. The lowest BCUT2D eigenvalue weighted by atomic mass is 9.97. The second kappa shape index (κ2) is 12.9. The van der Waals surface area contributed by atoms with E-state index in [2.05, 4.69) is 70.2 Å². The van der Waals surface area contributed by atoms with Crippen molar-refractivity contribution in [2.75, 3.05) is 33.2 Å². The Morgan fingerprint density at radius 3 is 2.43 bits per heavy atom. The summed E-state index contributed by atoms with van der Waals surface area (Å²) >= 11 is 0. The largest absolute Gasteiger partial charge is 0.369 e. The minimum atomic E-state index is 0.778. The van der Waals surface area contributed by atoms with Gasteiger partial charge in [-0.15, -0.1) is 0 Å². The molecule has 4 rings (SSSR count). The van der Waals surface area contributed by atoms with E-state index in [0.717, 1.165) is 76.7 Å². The molecule has 0 amide bonds. The lowest BCUT2D eigenvalue weighted by Gasteiger charge is -2.34. The molecule has 0 radical (unpaired) electrons. The molecule has 0 unspecified atom stereocenters. The SMILES string of the molecule is C=C(NC(/C=C\C(=C)N1CCN(C)CC1)=C/C)c1cnc(C)c(C(=C)c2ccn3nccc3c2)c1.CC. The molecule has 0 spiro atoms. The Bertz CT molecular complexity index is 1320. The number of nitrogens with zero attached hydrogens (tertiary/aromatic N) is 5. The molecule has 0 aliphatic carbocycles. The van der Waals surface area contributed by atoms with Crippen LogP contribution in [-0.4, -0.2) is 57.6 Å². The van der Waals surface area contributed by atoms with Gasteiger partial charge in [-0.05, 0) is 68.4 Å². The van der Waals surface area contributed by atoms with Gasteiger partial charge in [0.2, 0.25) is 0 Å². The number of piperazine rings is 1. The quantitative estimate of drug-likeness (QED) is 0.393. The highest BCUT2D eigenvalue weighted by molar-refractivity contribution is 5.82. The zero-order chi connectivity index (χ0) is 26.9. The molecule has 1 aliphatic rings. The monoisotopic (exact) mass is 496 g/mol. The summed E-state index contributed by atoms with van der Waals surface area (Å²) in [5.41, 5.74) is 8.58. The highest BCUT2D eigenvalue weighted by atomic mass is 15.2. The van der Waals surface area contributed by atoms with E-state index >= 15 is 0 Å². The lowest BCUT2D eigenvalue weighted by molar-refractivity contribution is 0.190. The Balaban J connectivity index is 0.00000186. The zero-order valence-electron chi connectivity index (χ0n) is 23.0. The van der Waals surface area contributed by atoms with Crippen molar-refractivity contribution in [3.8, 4) is 0 Å². The summed E-state index contributed by atoms with van der Waals surface area (Å²) in [6.45, 7) is 25.0. The Hall–Kier alpha value is -3.90. The fourth-order valence-electron chi connectivity index (χ4n) is 4.11. The van der Waals surface area contributed by atoms with Gasteiger partial charge in [0.05, 0.1) is 5.52 Å². The fraction of sp³-hybridized carbons (Fsp3) is 0.290. The van der Waals surface area contributed by atoms with Crippen LogP contribution in [0.2, 0.25) is 0 Å². The van der Waals surface area contributed by atoms with Gasteiger partial charge in [-0.2, -0.15) is 5.10 Å². The van der Waals surface area contributed by atoms with Crippen molar-refractivity contribution >= 4 is 16.8 Å². The van der Waals surface area contributed by atoms with Crippen LogP contribution in [0, 0.1) is 6.92 Å². The molecule has 6 nitrogen and oxygen atoms in total. The molecule has 1 N–H and O–H groups in total. The Morgan fingerprint density at radius 1 is 1.00 bits per heavy atom. The molecule has 1 fully saturated rings. The van der Waals surface area contributed by atoms with Gasteiger partial charge >= 0.3 is 0 Å². The first-order chi connectivity index (χ1) is 17.9. The maximum Gasteiger partial charge on any atom is 0.0667 e. The molecule has 194 valence electrons.